The van der Waals surface area contributed by atoms with E-state index >= 15 is 0 Å². The topological polar surface area (TPSA) is 85.3 Å². The van der Waals surface area contributed by atoms with Crippen LogP contribution in [0.1, 0.15) is 38.4 Å². The van der Waals surface area contributed by atoms with Crippen molar-refractivity contribution in [1.82, 2.24) is 19.6 Å². The van der Waals surface area contributed by atoms with Crippen LogP contribution in [0.2, 0.25) is 0 Å². The molecule has 4 aromatic rings. The van der Waals surface area contributed by atoms with E-state index in [-0.39, 0.29) is 5.71 Å². The molecule has 0 aliphatic carbocycles. The summed E-state index contributed by atoms with van der Waals surface area (Å²) in [6, 6.07) is 11.9. The van der Waals surface area contributed by atoms with Crippen molar-refractivity contribution in [1.29, 1.82) is 0 Å². The number of ketones is 1. The molecule has 0 aliphatic rings. The second-order valence-corrected chi connectivity index (χ2v) is 8.11. The lowest BCUT2D eigenvalue weighted by atomic mass is 10.1. The Morgan fingerprint density at radius 2 is 1.12 bits per heavy atom. The average Bonchev–Trinajstić information content (AvgIpc) is 3.55. The number of aromatic nitrogens is 4. The summed E-state index contributed by atoms with van der Waals surface area (Å²) in [5.74, 6) is 9.70. The van der Waals surface area contributed by atoms with E-state index in [0.717, 1.165) is 24.3 Å². The van der Waals surface area contributed by atoms with Gasteiger partial charge in [0.25, 0.3) is 5.78 Å². The molecule has 13 heteroatoms. The fraction of sp³-hybridized carbons (Fsp3) is 0.143. The Morgan fingerprint density at radius 3 is 1.49 bits per heavy atom. The first-order valence-corrected chi connectivity index (χ1v) is 11.4. The van der Waals surface area contributed by atoms with Crippen LogP contribution in [0.4, 0.5) is 26.3 Å². The third-order valence-electron chi connectivity index (χ3n) is 5.29. The zero-order valence-corrected chi connectivity index (χ0v) is 21.3. The van der Waals surface area contributed by atoms with Gasteiger partial charge in [0.15, 0.2) is 5.71 Å². The zero-order chi connectivity index (χ0) is 30.2. The summed E-state index contributed by atoms with van der Waals surface area (Å²) in [5.41, 5.74) is 0.132. The van der Waals surface area contributed by atoms with E-state index < -0.39 is 29.3 Å². The maximum Gasteiger partial charge on any atom is 0.416 e. The Morgan fingerprint density at radius 1 is 0.707 bits per heavy atom. The number of benzene rings is 2. The highest BCUT2D eigenvalue weighted by Crippen LogP contribution is 2.29. The number of halogens is 6. The molecule has 2 aromatic carbocycles. The maximum absolute atomic E-state index is 12.4. The molecule has 0 radical (unpaired) electrons. The van der Waals surface area contributed by atoms with Crippen molar-refractivity contribution in [2.45, 2.75) is 12.4 Å². The Bertz CT molecular complexity index is 1660. The highest BCUT2D eigenvalue weighted by atomic mass is 19.4. The van der Waals surface area contributed by atoms with Crippen molar-refractivity contribution in [3.05, 3.63) is 107 Å². The summed E-state index contributed by atoms with van der Waals surface area (Å²) in [6.07, 6.45) is -5.78. The predicted octanol–water partition coefficient (Wildman–Crippen LogP) is 5.34. The molecule has 0 bridgehead atoms. The number of hydrogen-bond acceptors (Lipinski definition) is 5. The lowest BCUT2D eigenvalue weighted by Crippen LogP contribution is -2.06. The molecule has 0 atom stereocenters. The minimum atomic E-state index is -4.38. The number of rotatable bonds is 2. The molecule has 210 valence electrons. The normalized spacial score (nSPS) is 11.4. The number of aryl methyl sites for hydroxylation is 2. The quantitative estimate of drug-likeness (QED) is 0.0879. The first-order chi connectivity index (χ1) is 19.3. The number of hydrogen-bond donors (Lipinski definition) is 1. The van der Waals surface area contributed by atoms with Crippen molar-refractivity contribution in [3.63, 3.8) is 0 Å². The fourth-order valence-electron chi connectivity index (χ4n) is 3.15. The van der Waals surface area contributed by atoms with Gasteiger partial charge in [0.1, 0.15) is 5.69 Å². The summed E-state index contributed by atoms with van der Waals surface area (Å²) < 4.78 is 77.2. The molecule has 0 aliphatic heterocycles. The van der Waals surface area contributed by atoms with E-state index in [1.807, 2.05) is 0 Å². The number of Topliss-reactive ketones (excluding diaryl/α,β-unsaturated/α-hetero) is 1. The molecule has 0 unspecified atom stereocenters. The Kier molecular flexibility index (Phi) is 9.37. The molecule has 1 N–H and O–H groups in total. The van der Waals surface area contributed by atoms with Crippen LogP contribution in [0.15, 0.2) is 78.2 Å². The van der Waals surface area contributed by atoms with E-state index in [2.05, 4.69) is 39.0 Å². The van der Waals surface area contributed by atoms with Gasteiger partial charge in [-0.15, -0.1) is 0 Å². The van der Waals surface area contributed by atoms with Crippen LogP contribution in [-0.4, -0.2) is 36.3 Å². The van der Waals surface area contributed by atoms with Gasteiger partial charge >= 0.3 is 12.4 Å². The second kappa shape index (κ2) is 12.7. The summed E-state index contributed by atoms with van der Waals surface area (Å²) in [7, 11) is 3.26. The van der Waals surface area contributed by atoms with Crippen LogP contribution in [-0.2, 0) is 26.4 Å². The molecular formula is C28H19F6N5O2. The number of carbonyl (C=O) groups excluding carboxylic acids is 1. The molecule has 0 spiro atoms. The Hall–Kier alpha value is -5.30. The fourth-order valence-corrected chi connectivity index (χ4v) is 3.15. The van der Waals surface area contributed by atoms with E-state index in [1.165, 1.54) is 52.1 Å². The van der Waals surface area contributed by atoms with Crippen LogP contribution >= 0.6 is 0 Å². The van der Waals surface area contributed by atoms with E-state index in [4.69, 9.17) is 5.21 Å². The van der Waals surface area contributed by atoms with Gasteiger partial charge < -0.3 is 5.21 Å². The Balaban J connectivity index is 0.000000226. The minimum absolute atomic E-state index is 0.0786. The van der Waals surface area contributed by atoms with Crippen LogP contribution < -0.4 is 0 Å². The van der Waals surface area contributed by atoms with Crippen LogP contribution in [0.25, 0.3) is 0 Å². The van der Waals surface area contributed by atoms with E-state index in [9.17, 15) is 31.1 Å². The van der Waals surface area contributed by atoms with Gasteiger partial charge in [0.05, 0.1) is 16.8 Å². The van der Waals surface area contributed by atoms with Gasteiger partial charge in [0, 0.05) is 37.6 Å². The van der Waals surface area contributed by atoms with Gasteiger partial charge in [-0.1, -0.05) is 17.0 Å². The largest absolute Gasteiger partial charge is 0.416 e. The Labute approximate surface area is 229 Å². The highest BCUT2D eigenvalue weighted by Gasteiger charge is 2.30. The van der Waals surface area contributed by atoms with Crippen molar-refractivity contribution in [2.75, 3.05) is 0 Å². The molecule has 0 saturated heterocycles. The lowest BCUT2D eigenvalue weighted by Gasteiger charge is -2.05. The number of oxime groups is 1. The van der Waals surface area contributed by atoms with Crippen molar-refractivity contribution >= 4 is 11.5 Å². The summed E-state index contributed by atoms with van der Waals surface area (Å²) >= 11 is 0. The third kappa shape index (κ3) is 8.34. The molecule has 0 fully saturated rings. The summed E-state index contributed by atoms with van der Waals surface area (Å²) in [6.45, 7) is 0. The molecule has 0 saturated carbocycles. The smallest absolute Gasteiger partial charge is 0.410 e. The molecule has 4 rings (SSSR count). The highest BCUT2D eigenvalue weighted by molar-refractivity contribution is 6.11. The monoisotopic (exact) mass is 571 g/mol. The predicted molar refractivity (Wildman–Crippen MR) is 136 cm³/mol. The lowest BCUT2D eigenvalue weighted by molar-refractivity contribution is -0.138. The number of carbonyl (C=O) groups is 1. The van der Waals surface area contributed by atoms with Crippen molar-refractivity contribution in [3.8, 4) is 23.7 Å². The summed E-state index contributed by atoms with van der Waals surface area (Å²) in [4.78, 5) is 11.7. The maximum atomic E-state index is 12.4. The van der Waals surface area contributed by atoms with Gasteiger partial charge in [-0.25, -0.2) is 0 Å². The van der Waals surface area contributed by atoms with Crippen LogP contribution in [0, 0.1) is 23.7 Å². The minimum Gasteiger partial charge on any atom is -0.410 e. The average molecular weight is 571 g/mol. The van der Waals surface area contributed by atoms with Crippen LogP contribution in [0.3, 0.4) is 0 Å². The molecular weight excluding hydrogens is 552 g/mol. The molecule has 2 aromatic heterocycles. The standard InChI is InChI=1S/C14H10F3N3O.C14H9F3N2O/c1-20-13(8-9-18-20)12(19-21)7-4-10-2-5-11(6-3-10)14(15,16)17;1-19-12(8-9-18-19)13(20)7-4-10-2-5-11(6-3-10)14(15,16)17/h2-3,5-6,8-9,21H,1H3;2-3,5-6,8-9H,1H3. The van der Waals surface area contributed by atoms with Gasteiger partial charge in [0.2, 0.25) is 0 Å². The molecule has 41 heavy (non-hydrogen) atoms. The second-order valence-electron chi connectivity index (χ2n) is 8.11. The van der Waals surface area contributed by atoms with Crippen LogP contribution in [0.5, 0.6) is 0 Å². The number of nitrogens with zero attached hydrogens (tertiary/aromatic N) is 5. The molecule has 0 amide bonds. The summed E-state index contributed by atoms with van der Waals surface area (Å²) in [5, 5.41) is 19.8. The van der Waals surface area contributed by atoms with Gasteiger partial charge in [-0.3, -0.25) is 14.2 Å². The molecule has 7 nitrogen and oxygen atoms in total. The SMILES string of the molecule is Cn1nccc1C(=O)C#Cc1ccc(C(F)(F)F)cc1.Cn1nccc1C(C#Cc1ccc(C(F)(F)F)cc1)=NO. The molecule has 2 heterocycles. The van der Waals surface area contributed by atoms with Gasteiger partial charge in [-0.2, -0.15) is 36.5 Å². The van der Waals surface area contributed by atoms with Crippen molar-refractivity contribution in [2.24, 2.45) is 19.3 Å². The first kappa shape index (κ1) is 30.2. The van der Waals surface area contributed by atoms with Crippen molar-refractivity contribution < 1.29 is 36.3 Å². The third-order valence-corrected chi connectivity index (χ3v) is 5.29. The number of alkyl halides is 6. The van der Waals surface area contributed by atoms with E-state index in [1.54, 1.807) is 20.2 Å². The van der Waals surface area contributed by atoms with Gasteiger partial charge in [-0.05, 0) is 72.5 Å². The zero-order valence-electron chi connectivity index (χ0n) is 21.3. The van der Waals surface area contributed by atoms with E-state index in [0.29, 0.717) is 22.5 Å². The first-order valence-electron chi connectivity index (χ1n) is 11.4.